The second-order valence-corrected chi connectivity index (χ2v) is 3.89. The van der Waals surface area contributed by atoms with E-state index < -0.39 is 0 Å². The lowest BCUT2D eigenvalue weighted by molar-refractivity contribution is -0.144. The maximum atomic E-state index is 10.8. The van der Waals surface area contributed by atoms with Crippen LogP contribution >= 0.6 is 0 Å². The minimum Gasteiger partial charge on any atom is -0.452 e. The number of allylic oxidation sites excluding steroid dienone is 2. The summed E-state index contributed by atoms with van der Waals surface area (Å²) in [6.45, 7) is 6.07. The lowest BCUT2D eigenvalue weighted by Crippen LogP contribution is -2.23. The molecule has 72 valence electrons. The fourth-order valence-electron chi connectivity index (χ4n) is 1.32. The summed E-state index contributed by atoms with van der Waals surface area (Å²) < 4.78 is 5.15. The van der Waals surface area contributed by atoms with E-state index in [2.05, 4.69) is 19.9 Å². The van der Waals surface area contributed by atoms with Gasteiger partial charge in [0.25, 0.3) is 0 Å². The maximum Gasteiger partial charge on any atom is 0.331 e. The molecule has 0 amide bonds. The van der Waals surface area contributed by atoms with Crippen molar-refractivity contribution in [2.75, 3.05) is 0 Å². The van der Waals surface area contributed by atoms with Crippen LogP contribution in [0.3, 0.4) is 0 Å². The third-order valence-electron chi connectivity index (χ3n) is 2.10. The van der Waals surface area contributed by atoms with Gasteiger partial charge in [-0.1, -0.05) is 11.6 Å². The second-order valence-electron chi connectivity index (χ2n) is 3.89. The summed E-state index contributed by atoms with van der Waals surface area (Å²) in [7, 11) is 0. The molecule has 0 aromatic heterocycles. The Morgan fingerprint density at radius 2 is 2.31 bits per heavy atom. The minimum atomic E-state index is -0.372. The highest BCUT2D eigenvalue weighted by Gasteiger charge is 2.29. The lowest BCUT2D eigenvalue weighted by Gasteiger charge is -2.20. The fourth-order valence-corrected chi connectivity index (χ4v) is 1.32. The van der Waals surface area contributed by atoms with Crippen LogP contribution in [-0.4, -0.2) is 11.6 Å². The van der Waals surface area contributed by atoms with E-state index in [4.69, 9.17) is 4.74 Å². The van der Waals surface area contributed by atoms with Crippen LogP contribution in [0.15, 0.2) is 23.8 Å². The van der Waals surface area contributed by atoms with E-state index in [9.17, 15) is 4.79 Å². The largest absolute Gasteiger partial charge is 0.452 e. The predicted octanol–water partition coefficient (Wildman–Crippen LogP) is 2.60. The molecular formula is C11H16O2. The van der Waals surface area contributed by atoms with E-state index in [1.165, 1.54) is 11.6 Å². The van der Waals surface area contributed by atoms with E-state index in [0.717, 1.165) is 12.8 Å². The maximum absolute atomic E-state index is 10.8. The highest BCUT2D eigenvalue weighted by atomic mass is 16.6. The lowest BCUT2D eigenvalue weighted by atomic mass is 10.00. The van der Waals surface area contributed by atoms with Crippen LogP contribution in [0.5, 0.6) is 0 Å². The average Bonchev–Trinajstić information content (AvgIpc) is 2.30. The zero-order valence-electron chi connectivity index (χ0n) is 8.46. The quantitative estimate of drug-likeness (QED) is 0.493. The Kier molecular flexibility index (Phi) is 2.91. The third kappa shape index (κ3) is 3.05. The van der Waals surface area contributed by atoms with Crippen molar-refractivity contribution in [3.63, 3.8) is 0 Å². The first-order valence-corrected chi connectivity index (χ1v) is 4.57. The zero-order chi connectivity index (χ0) is 9.90. The van der Waals surface area contributed by atoms with E-state index in [0.29, 0.717) is 0 Å². The number of esters is 1. The zero-order valence-corrected chi connectivity index (χ0v) is 8.46. The number of rotatable bonds is 3. The first kappa shape index (κ1) is 10.0. The van der Waals surface area contributed by atoms with Gasteiger partial charge in [-0.2, -0.15) is 0 Å². The van der Waals surface area contributed by atoms with Crippen molar-refractivity contribution in [2.45, 2.75) is 39.2 Å². The van der Waals surface area contributed by atoms with Crippen LogP contribution in [-0.2, 0) is 9.53 Å². The summed E-state index contributed by atoms with van der Waals surface area (Å²) in [5.41, 5.74) is 0.931. The van der Waals surface area contributed by atoms with Gasteiger partial charge in [-0.15, -0.1) is 0 Å². The molecule has 1 atom stereocenters. The molecule has 1 heterocycles. The van der Waals surface area contributed by atoms with Crippen LogP contribution in [0.4, 0.5) is 0 Å². The van der Waals surface area contributed by atoms with Crippen molar-refractivity contribution in [2.24, 2.45) is 0 Å². The summed E-state index contributed by atoms with van der Waals surface area (Å²) in [6, 6.07) is 0. The number of ether oxygens (including phenoxy) is 1. The second kappa shape index (κ2) is 3.77. The highest BCUT2D eigenvalue weighted by molar-refractivity contribution is 5.85. The Labute approximate surface area is 79.3 Å². The van der Waals surface area contributed by atoms with Crippen molar-refractivity contribution < 1.29 is 9.53 Å². The summed E-state index contributed by atoms with van der Waals surface area (Å²) in [6.07, 6.45) is 7.32. The average molecular weight is 180 g/mol. The molecule has 0 fully saturated rings. The number of carbonyl (C=O) groups is 1. The van der Waals surface area contributed by atoms with Gasteiger partial charge in [0.05, 0.1) is 0 Å². The number of cyclic esters (lactones) is 1. The van der Waals surface area contributed by atoms with Gasteiger partial charge >= 0.3 is 5.97 Å². The summed E-state index contributed by atoms with van der Waals surface area (Å²) in [5, 5.41) is 0. The molecule has 2 heteroatoms. The molecule has 1 aliphatic rings. The monoisotopic (exact) mass is 180 g/mol. The molecule has 0 unspecified atom stereocenters. The van der Waals surface area contributed by atoms with Crippen LogP contribution in [0, 0.1) is 0 Å². The van der Waals surface area contributed by atoms with E-state index in [-0.39, 0.29) is 11.6 Å². The molecule has 0 aromatic carbocycles. The van der Waals surface area contributed by atoms with E-state index >= 15 is 0 Å². The van der Waals surface area contributed by atoms with Gasteiger partial charge in [-0.3, -0.25) is 0 Å². The first-order valence-electron chi connectivity index (χ1n) is 4.57. The summed E-state index contributed by atoms with van der Waals surface area (Å²) >= 11 is 0. The molecule has 0 bridgehead atoms. The Morgan fingerprint density at radius 3 is 2.77 bits per heavy atom. The van der Waals surface area contributed by atoms with Crippen molar-refractivity contribution >= 4 is 5.97 Å². The smallest absolute Gasteiger partial charge is 0.331 e. The highest BCUT2D eigenvalue weighted by Crippen LogP contribution is 2.24. The molecule has 0 saturated carbocycles. The molecule has 0 radical (unpaired) electrons. The van der Waals surface area contributed by atoms with Gasteiger partial charge in [0, 0.05) is 6.08 Å². The normalized spacial score (nSPS) is 25.9. The molecule has 0 aromatic rings. The summed E-state index contributed by atoms with van der Waals surface area (Å²) in [5.74, 6) is -0.222. The predicted molar refractivity (Wildman–Crippen MR) is 52.3 cm³/mol. The third-order valence-corrected chi connectivity index (χ3v) is 2.10. The van der Waals surface area contributed by atoms with Crippen molar-refractivity contribution in [3.05, 3.63) is 23.8 Å². The SMILES string of the molecule is CC(C)=CCC[C@]1(C)C=CC(=O)O1. The molecular weight excluding hydrogens is 164 g/mol. The molecule has 0 N–H and O–H groups in total. The Hall–Kier alpha value is -1.05. The van der Waals surface area contributed by atoms with E-state index in [1.807, 2.05) is 13.0 Å². The summed E-state index contributed by atoms with van der Waals surface area (Å²) in [4.78, 5) is 10.8. The Balaban J connectivity index is 2.41. The molecule has 1 rings (SSSR count). The topological polar surface area (TPSA) is 26.3 Å². The molecule has 2 nitrogen and oxygen atoms in total. The van der Waals surface area contributed by atoms with Gasteiger partial charge in [0.15, 0.2) is 0 Å². The molecule has 0 spiro atoms. The van der Waals surface area contributed by atoms with Crippen molar-refractivity contribution in [3.8, 4) is 0 Å². The van der Waals surface area contributed by atoms with Gasteiger partial charge in [0.1, 0.15) is 5.60 Å². The van der Waals surface area contributed by atoms with Crippen LogP contribution < -0.4 is 0 Å². The Bertz CT molecular complexity index is 259. The van der Waals surface area contributed by atoms with Crippen LogP contribution in [0.25, 0.3) is 0 Å². The van der Waals surface area contributed by atoms with Crippen molar-refractivity contribution in [1.82, 2.24) is 0 Å². The van der Waals surface area contributed by atoms with Crippen molar-refractivity contribution in [1.29, 1.82) is 0 Å². The van der Waals surface area contributed by atoms with E-state index in [1.54, 1.807) is 0 Å². The van der Waals surface area contributed by atoms with Gasteiger partial charge in [-0.05, 0) is 39.7 Å². The number of hydrogen-bond donors (Lipinski definition) is 0. The fraction of sp³-hybridized carbons (Fsp3) is 0.545. The van der Waals surface area contributed by atoms with Gasteiger partial charge < -0.3 is 4.74 Å². The van der Waals surface area contributed by atoms with Crippen LogP contribution in [0.1, 0.15) is 33.6 Å². The molecule has 0 aliphatic carbocycles. The molecule has 13 heavy (non-hydrogen) atoms. The van der Waals surface area contributed by atoms with Gasteiger partial charge in [-0.25, -0.2) is 4.79 Å². The minimum absolute atomic E-state index is 0.222. The van der Waals surface area contributed by atoms with Gasteiger partial charge in [0.2, 0.25) is 0 Å². The standard InChI is InChI=1S/C11H16O2/c1-9(2)5-4-7-11(3)8-6-10(12)13-11/h5-6,8H,4,7H2,1-3H3/t11-/m1/s1. The molecule has 0 saturated heterocycles. The molecule has 1 aliphatic heterocycles. The Morgan fingerprint density at radius 1 is 1.62 bits per heavy atom. The van der Waals surface area contributed by atoms with Crippen LogP contribution in [0.2, 0.25) is 0 Å². The number of hydrogen-bond acceptors (Lipinski definition) is 2. The number of carbonyl (C=O) groups excluding carboxylic acids is 1. The first-order chi connectivity index (χ1) is 6.02.